The molecule has 1 amide bonds. The van der Waals surface area contributed by atoms with Crippen molar-refractivity contribution in [2.75, 3.05) is 24.1 Å². The highest BCUT2D eigenvalue weighted by molar-refractivity contribution is 7.99. The van der Waals surface area contributed by atoms with Crippen LogP contribution in [0.1, 0.15) is 27.4 Å². The molecule has 1 aromatic heterocycles. The monoisotopic (exact) mass is 502 g/mol. The van der Waals surface area contributed by atoms with Crippen molar-refractivity contribution in [1.82, 2.24) is 9.88 Å². The topological polar surface area (TPSA) is 115 Å². The number of hydrogen-bond acceptors (Lipinski definition) is 8. The third-order valence-corrected chi connectivity index (χ3v) is 8.56. The number of pyridine rings is 1. The lowest BCUT2D eigenvalue weighted by Crippen LogP contribution is -2.52. The minimum absolute atomic E-state index is 0.0452. The smallest absolute Gasteiger partial charge is 0.269 e. The molecule has 10 heteroatoms. The van der Waals surface area contributed by atoms with E-state index >= 15 is 0 Å². The number of ether oxygens (including phenoxy) is 1. The Bertz CT molecular complexity index is 1400. The Morgan fingerprint density at radius 2 is 2.11 bits per heavy atom. The number of rotatable bonds is 5. The standard InChI is InChI=1S/C26H22N4O5S/c1-35-18-7-8-20-19(11-18)26(25(32)28-20)23(24(31)16-5-3-9-27-12-16)22(21-13-36-14-29(21)26)15-4-2-6-17(10-15)30(33)34/h2-12,21-23H,13-14H2,1H3,(H,28,32). The Labute approximate surface area is 211 Å². The van der Waals surface area contributed by atoms with E-state index in [9.17, 15) is 19.7 Å². The zero-order valence-electron chi connectivity index (χ0n) is 19.3. The van der Waals surface area contributed by atoms with Gasteiger partial charge in [-0.25, -0.2) is 0 Å². The average Bonchev–Trinajstić information content (AvgIpc) is 3.57. The van der Waals surface area contributed by atoms with Crippen LogP contribution in [-0.2, 0) is 10.3 Å². The van der Waals surface area contributed by atoms with E-state index in [4.69, 9.17) is 4.74 Å². The van der Waals surface area contributed by atoms with E-state index < -0.39 is 22.3 Å². The number of aromatic nitrogens is 1. The highest BCUT2D eigenvalue weighted by Gasteiger charge is 2.69. The van der Waals surface area contributed by atoms with E-state index in [-0.39, 0.29) is 23.4 Å². The lowest BCUT2D eigenvalue weighted by Gasteiger charge is -2.36. The number of anilines is 1. The van der Waals surface area contributed by atoms with Crippen LogP contribution in [-0.4, -0.2) is 51.3 Å². The summed E-state index contributed by atoms with van der Waals surface area (Å²) in [4.78, 5) is 45.8. The minimum Gasteiger partial charge on any atom is -0.497 e. The number of benzene rings is 2. The number of methoxy groups -OCH3 is 1. The first-order chi connectivity index (χ1) is 17.5. The van der Waals surface area contributed by atoms with Gasteiger partial charge in [0.05, 0.1) is 18.0 Å². The number of amides is 1. The van der Waals surface area contributed by atoms with E-state index in [2.05, 4.69) is 15.2 Å². The van der Waals surface area contributed by atoms with E-state index in [0.29, 0.717) is 39.8 Å². The van der Waals surface area contributed by atoms with Crippen LogP contribution in [0.2, 0.25) is 0 Å². The number of non-ortho nitro benzene ring substituents is 1. The fraction of sp³-hybridized carbons (Fsp3) is 0.269. The largest absolute Gasteiger partial charge is 0.497 e. The summed E-state index contributed by atoms with van der Waals surface area (Å²) < 4.78 is 5.49. The molecule has 4 heterocycles. The second kappa shape index (κ2) is 8.42. The second-order valence-electron chi connectivity index (χ2n) is 9.13. The second-order valence-corrected chi connectivity index (χ2v) is 10.1. The number of nitrogens with zero attached hydrogens (tertiary/aromatic N) is 3. The molecule has 2 saturated heterocycles. The number of thioether (sulfide) groups is 1. The summed E-state index contributed by atoms with van der Waals surface area (Å²) in [7, 11) is 1.56. The molecular formula is C26H22N4O5S. The van der Waals surface area contributed by atoms with E-state index in [1.54, 1.807) is 55.4 Å². The van der Waals surface area contributed by atoms with Gasteiger partial charge in [0.15, 0.2) is 5.78 Å². The fourth-order valence-electron chi connectivity index (χ4n) is 6.09. The number of carbonyl (C=O) groups excluding carboxylic acids is 2. The summed E-state index contributed by atoms with van der Waals surface area (Å²) in [6, 6.07) is 15.1. The van der Waals surface area contributed by atoms with Gasteiger partial charge >= 0.3 is 0 Å². The third kappa shape index (κ3) is 3.11. The van der Waals surface area contributed by atoms with Gasteiger partial charge in [-0.3, -0.25) is 29.6 Å². The summed E-state index contributed by atoms with van der Waals surface area (Å²) in [6.07, 6.45) is 3.11. The quantitative estimate of drug-likeness (QED) is 0.318. The van der Waals surface area contributed by atoms with Crippen molar-refractivity contribution in [3.63, 3.8) is 0 Å². The van der Waals surface area contributed by atoms with Gasteiger partial charge in [0, 0.05) is 64.9 Å². The molecule has 1 spiro atoms. The number of fused-ring (bicyclic) bond motifs is 4. The highest BCUT2D eigenvalue weighted by atomic mass is 32.2. The Hall–Kier alpha value is -3.76. The maximum atomic E-state index is 14.3. The van der Waals surface area contributed by atoms with E-state index in [1.165, 1.54) is 18.3 Å². The van der Waals surface area contributed by atoms with Crippen molar-refractivity contribution < 1.29 is 19.2 Å². The predicted octanol–water partition coefficient (Wildman–Crippen LogP) is 3.82. The molecule has 3 aliphatic heterocycles. The van der Waals surface area contributed by atoms with Crippen molar-refractivity contribution in [1.29, 1.82) is 0 Å². The normalized spacial score (nSPS) is 26.5. The first kappa shape index (κ1) is 22.7. The average molecular weight is 503 g/mol. The van der Waals surface area contributed by atoms with Crippen LogP contribution in [0.15, 0.2) is 67.0 Å². The maximum absolute atomic E-state index is 14.3. The summed E-state index contributed by atoms with van der Waals surface area (Å²) in [5.74, 6) is 0.0614. The molecule has 4 unspecified atom stereocenters. The Morgan fingerprint density at radius 3 is 2.86 bits per heavy atom. The van der Waals surface area contributed by atoms with Crippen LogP contribution in [0.3, 0.4) is 0 Å². The van der Waals surface area contributed by atoms with Gasteiger partial charge in [0.2, 0.25) is 5.91 Å². The Kier molecular flexibility index (Phi) is 5.31. The SMILES string of the molecule is COc1ccc2c(c1)C1(C(=O)N2)C(C(=O)c2cccnc2)C(c2cccc([N+](=O)[O-])c2)C2CSCN21. The predicted molar refractivity (Wildman–Crippen MR) is 134 cm³/mol. The molecule has 0 radical (unpaired) electrons. The zero-order chi connectivity index (χ0) is 25.0. The van der Waals surface area contributed by atoms with Crippen LogP contribution in [0.5, 0.6) is 5.75 Å². The van der Waals surface area contributed by atoms with Gasteiger partial charge in [0.25, 0.3) is 5.69 Å². The van der Waals surface area contributed by atoms with E-state index in [1.807, 2.05) is 12.1 Å². The maximum Gasteiger partial charge on any atom is 0.269 e. The molecule has 4 atom stereocenters. The van der Waals surface area contributed by atoms with Crippen LogP contribution in [0.25, 0.3) is 0 Å². The number of nitro benzene ring substituents is 1. The van der Waals surface area contributed by atoms with Crippen molar-refractivity contribution in [3.8, 4) is 5.75 Å². The van der Waals surface area contributed by atoms with E-state index in [0.717, 1.165) is 0 Å². The minimum atomic E-state index is -1.29. The zero-order valence-corrected chi connectivity index (χ0v) is 20.1. The van der Waals surface area contributed by atoms with Crippen LogP contribution in [0.4, 0.5) is 11.4 Å². The van der Waals surface area contributed by atoms with Gasteiger partial charge in [-0.2, -0.15) is 0 Å². The van der Waals surface area contributed by atoms with Crippen LogP contribution < -0.4 is 10.1 Å². The molecule has 0 bridgehead atoms. The lowest BCUT2D eigenvalue weighted by molar-refractivity contribution is -0.384. The van der Waals surface area contributed by atoms with Crippen molar-refractivity contribution in [2.24, 2.45) is 5.92 Å². The molecule has 0 saturated carbocycles. The Balaban J connectivity index is 1.63. The lowest BCUT2D eigenvalue weighted by atomic mass is 9.69. The summed E-state index contributed by atoms with van der Waals surface area (Å²) in [6.45, 7) is 0. The summed E-state index contributed by atoms with van der Waals surface area (Å²) in [5, 5.41) is 14.6. The number of nitro groups is 1. The Morgan fingerprint density at radius 1 is 1.25 bits per heavy atom. The van der Waals surface area contributed by atoms with Crippen molar-refractivity contribution in [3.05, 3.63) is 93.8 Å². The number of nitrogens with one attached hydrogen (secondary N) is 1. The molecule has 0 aliphatic carbocycles. The molecule has 9 nitrogen and oxygen atoms in total. The summed E-state index contributed by atoms with van der Waals surface area (Å²) in [5.41, 5.74) is 1.06. The molecule has 6 rings (SSSR count). The number of hydrogen-bond donors (Lipinski definition) is 1. The number of ketones is 1. The first-order valence-corrected chi connectivity index (χ1v) is 12.7. The van der Waals surface area contributed by atoms with Crippen molar-refractivity contribution >= 4 is 34.8 Å². The molecule has 1 N–H and O–H groups in total. The molecule has 36 heavy (non-hydrogen) atoms. The molecule has 182 valence electrons. The molecule has 3 aliphatic rings. The van der Waals surface area contributed by atoms with Gasteiger partial charge in [-0.15, -0.1) is 11.8 Å². The highest BCUT2D eigenvalue weighted by Crippen LogP contribution is 2.61. The van der Waals surface area contributed by atoms with Crippen LogP contribution in [0, 0.1) is 16.0 Å². The van der Waals surface area contributed by atoms with Gasteiger partial charge < -0.3 is 10.1 Å². The molecular weight excluding hydrogens is 480 g/mol. The molecule has 3 aromatic rings. The van der Waals surface area contributed by atoms with Crippen molar-refractivity contribution in [2.45, 2.75) is 17.5 Å². The first-order valence-electron chi connectivity index (χ1n) is 11.5. The number of carbonyl (C=O) groups is 2. The van der Waals surface area contributed by atoms with Crippen LogP contribution >= 0.6 is 11.8 Å². The third-order valence-electron chi connectivity index (χ3n) is 7.52. The van der Waals surface area contributed by atoms with Gasteiger partial charge in [0.1, 0.15) is 11.3 Å². The van der Waals surface area contributed by atoms with Gasteiger partial charge in [-0.05, 0) is 35.9 Å². The summed E-state index contributed by atoms with van der Waals surface area (Å²) >= 11 is 1.69. The fourth-order valence-corrected chi connectivity index (χ4v) is 7.41. The molecule has 2 aromatic carbocycles. The van der Waals surface area contributed by atoms with Gasteiger partial charge in [-0.1, -0.05) is 12.1 Å². The number of Topliss-reactive ketones (excluding diaryl/α,β-unsaturated/α-hetero) is 1. The molecule has 2 fully saturated rings.